The first-order chi connectivity index (χ1) is 9.83. The number of hydrogen-bond acceptors (Lipinski definition) is 1. The number of ether oxygens (including phenoxy) is 1. The molecule has 0 saturated heterocycles. The van der Waals surface area contributed by atoms with Crippen molar-refractivity contribution >= 4 is 0 Å². The summed E-state index contributed by atoms with van der Waals surface area (Å²) in [5, 5.41) is 0. The molecule has 0 aromatic heterocycles. The third-order valence-electron chi connectivity index (χ3n) is 4.02. The summed E-state index contributed by atoms with van der Waals surface area (Å²) in [4.78, 5) is 0. The first-order valence-electron chi connectivity index (χ1n) is 7.30. The van der Waals surface area contributed by atoms with Gasteiger partial charge in [0.25, 0.3) is 0 Å². The fourth-order valence-corrected chi connectivity index (χ4v) is 3.03. The van der Waals surface area contributed by atoms with Crippen LogP contribution in [0.4, 0.5) is 4.39 Å². The number of hydrogen-bond donors (Lipinski definition) is 0. The molecular weight excluding hydrogens is 251 g/mol. The van der Waals surface area contributed by atoms with Gasteiger partial charge in [-0.3, -0.25) is 0 Å². The van der Waals surface area contributed by atoms with Gasteiger partial charge >= 0.3 is 0 Å². The Kier molecular flexibility index (Phi) is 4.00. The molecule has 0 heterocycles. The predicted molar refractivity (Wildman–Crippen MR) is 78.2 cm³/mol. The molecule has 1 saturated carbocycles. The van der Waals surface area contributed by atoms with Crippen LogP contribution < -0.4 is 4.74 Å². The number of rotatable bonds is 4. The van der Waals surface area contributed by atoms with E-state index in [0.29, 0.717) is 11.7 Å². The fourth-order valence-electron chi connectivity index (χ4n) is 3.03. The van der Waals surface area contributed by atoms with Crippen LogP contribution >= 0.6 is 0 Å². The molecule has 2 aromatic carbocycles. The maximum Gasteiger partial charge on any atom is 0.127 e. The SMILES string of the molecule is Fc1cccc(OC(c2ccccc2)C2CCCC2)c1. The molecule has 0 N–H and O–H groups in total. The Bertz CT molecular complexity index is 546. The van der Waals surface area contributed by atoms with Crippen molar-refractivity contribution in [3.63, 3.8) is 0 Å². The van der Waals surface area contributed by atoms with Crippen molar-refractivity contribution in [2.75, 3.05) is 0 Å². The molecule has 2 aromatic rings. The highest BCUT2D eigenvalue weighted by Gasteiger charge is 2.28. The third kappa shape index (κ3) is 3.01. The monoisotopic (exact) mass is 270 g/mol. The van der Waals surface area contributed by atoms with Gasteiger partial charge in [0.2, 0.25) is 0 Å². The molecule has 0 aliphatic heterocycles. The van der Waals surface area contributed by atoms with Crippen LogP contribution in [-0.4, -0.2) is 0 Å². The quantitative estimate of drug-likeness (QED) is 0.747. The lowest BCUT2D eigenvalue weighted by Gasteiger charge is -2.25. The van der Waals surface area contributed by atoms with Crippen molar-refractivity contribution in [1.29, 1.82) is 0 Å². The van der Waals surface area contributed by atoms with Crippen LogP contribution in [0.1, 0.15) is 37.4 Å². The summed E-state index contributed by atoms with van der Waals surface area (Å²) in [5.41, 5.74) is 1.18. The van der Waals surface area contributed by atoms with Crippen molar-refractivity contribution in [2.45, 2.75) is 31.8 Å². The Morgan fingerprint density at radius 2 is 1.70 bits per heavy atom. The summed E-state index contributed by atoms with van der Waals surface area (Å²) in [7, 11) is 0. The Morgan fingerprint density at radius 1 is 0.950 bits per heavy atom. The molecular formula is C18H19FO. The Labute approximate surface area is 119 Å². The molecule has 1 aliphatic rings. The molecule has 2 heteroatoms. The van der Waals surface area contributed by atoms with Crippen LogP contribution in [0, 0.1) is 11.7 Å². The molecule has 0 bridgehead atoms. The first kappa shape index (κ1) is 13.2. The van der Waals surface area contributed by atoms with Crippen LogP contribution in [0.2, 0.25) is 0 Å². The fraction of sp³-hybridized carbons (Fsp3) is 0.333. The van der Waals surface area contributed by atoms with Crippen LogP contribution in [-0.2, 0) is 0 Å². The lowest BCUT2D eigenvalue weighted by atomic mass is 9.94. The lowest BCUT2D eigenvalue weighted by Crippen LogP contribution is -2.16. The van der Waals surface area contributed by atoms with Crippen LogP contribution in [0.25, 0.3) is 0 Å². The van der Waals surface area contributed by atoms with Crippen molar-refractivity contribution in [2.24, 2.45) is 5.92 Å². The maximum atomic E-state index is 13.3. The van der Waals surface area contributed by atoms with Gasteiger partial charge in [0, 0.05) is 12.0 Å². The summed E-state index contributed by atoms with van der Waals surface area (Å²) in [5.74, 6) is 0.896. The van der Waals surface area contributed by atoms with Gasteiger partial charge < -0.3 is 4.74 Å². The smallest absolute Gasteiger partial charge is 0.127 e. The summed E-state index contributed by atoms with van der Waals surface area (Å²) in [6, 6.07) is 16.7. The zero-order chi connectivity index (χ0) is 13.8. The summed E-state index contributed by atoms with van der Waals surface area (Å²) in [6.07, 6.45) is 4.94. The molecule has 0 radical (unpaired) electrons. The van der Waals surface area contributed by atoms with Crippen LogP contribution in [0.3, 0.4) is 0 Å². The van der Waals surface area contributed by atoms with E-state index >= 15 is 0 Å². The van der Waals surface area contributed by atoms with E-state index in [9.17, 15) is 4.39 Å². The summed E-state index contributed by atoms with van der Waals surface area (Å²) < 4.78 is 19.4. The summed E-state index contributed by atoms with van der Waals surface area (Å²) in [6.45, 7) is 0. The van der Waals surface area contributed by atoms with Gasteiger partial charge in [-0.25, -0.2) is 4.39 Å². The van der Waals surface area contributed by atoms with Crippen molar-refractivity contribution in [3.05, 3.63) is 66.0 Å². The highest BCUT2D eigenvalue weighted by atomic mass is 19.1. The van der Waals surface area contributed by atoms with E-state index in [1.807, 2.05) is 24.3 Å². The van der Waals surface area contributed by atoms with Gasteiger partial charge in [0.15, 0.2) is 0 Å². The molecule has 1 fully saturated rings. The third-order valence-corrected chi connectivity index (χ3v) is 4.02. The lowest BCUT2D eigenvalue weighted by molar-refractivity contribution is 0.137. The van der Waals surface area contributed by atoms with Gasteiger partial charge in [-0.1, -0.05) is 49.2 Å². The second-order valence-corrected chi connectivity index (χ2v) is 5.45. The minimum Gasteiger partial charge on any atom is -0.485 e. The second kappa shape index (κ2) is 6.08. The number of benzene rings is 2. The van der Waals surface area contributed by atoms with E-state index in [1.165, 1.54) is 43.4 Å². The molecule has 0 spiro atoms. The largest absolute Gasteiger partial charge is 0.485 e. The zero-order valence-corrected chi connectivity index (χ0v) is 11.5. The molecule has 1 aliphatic carbocycles. The topological polar surface area (TPSA) is 9.23 Å². The van der Waals surface area contributed by atoms with E-state index in [0.717, 1.165) is 0 Å². The predicted octanol–water partition coefficient (Wildman–Crippen LogP) is 5.14. The average Bonchev–Trinajstić information content (AvgIpc) is 3.00. The van der Waals surface area contributed by atoms with Crippen molar-refractivity contribution in [1.82, 2.24) is 0 Å². The molecule has 1 nitrogen and oxygen atoms in total. The highest BCUT2D eigenvalue weighted by molar-refractivity contribution is 5.26. The van der Waals surface area contributed by atoms with E-state index in [4.69, 9.17) is 4.74 Å². The van der Waals surface area contributed by atoms with Crippen molar-refractivity contribution in [3.8, 4) is 5.75 Å². The molecule has 1 unspecified atom stereocenters. The first-order valence-corrected chi connectivity index (χ1v) is 7.30. The second-order valence-electron chi connectivity index (χ2n) is 5.45. The molecule has 104 valence electrons. The van der Waals surface area contributed by atoms with E-state index < -0.39 is 0 Å². The molecule has 1 atom stereocenters. The van der Waals surface area contributed by atoms with Gasteiger partial charge in [0.1, 0.15) is 17.7 Å². The van der Waals surface area contributed by atoms with Crippen LogP contribution in [0.15, 0.2) is 54.6 Å². The average molecular weight is 270 g/mol. The molecule has 0 amide bonds. The Morgan fingerprint density at radius 3 is 2.40 bits per heavy atom. The zero-order valence-electron chi connectivity index (χ0n) is 11.5. The van der Waals surface area contributed by atoms with Gasteiger partial charge in [-0.2, -0.15) is 0 Å². The maximum absolute atomic E-state index is 13.3. The number of halogens is 1. The summed E-state index contributed by atoms with van der Waals surface area (Å²) >= 11 is 0. The minimum absolute atomic E-state index is 0.0282. The molecule has 20 heavy (non-hydrogen) atoms. The molecule has 3 rings (SSSR count). The van der Waals surface area contributed by atoms with E-state index in [-0.39, 0.29) is 11.9 Å². The van der Waals surface area contributed by atoms with Gasteiger partial charge in [-0.05, 0) is 30.5 Å². The van der Waals surface area contributed by atoms with E-state index in [2.05, 4.69) is 12.1 Å². The van der Waals surface area contributed by atoms with Crippen molar-refractivity contribution < 1.29 is 9.13 Å². The van der Waals surface area contributed by atoms with Crippen LogP contribution in [0.5, 0.6) is 5.75 Å². The highest BCUT2D eigenvalue weighted by Crippen LogP contribution is 2.38. The Balaban J connectivity index is 1.85. The minimum atomic E-state index is -0.249. The normalized spacial score (nSPS) is 17.1. The van der Waals surface area contributed by atoms with Gasteiger partial charge in [-0.15, -0.1) is 0 Å². The standard InChI is InChI=1S/C18H19FO/c19-16-11-6-12-17(13-16)20-18(15-9-4-5-10-15)14-7-2-1-3-8-14/h1-3,6-8,11-13,15,18H,4-5,9-10H2. The van der Waals surface area contributed by atoms with Gasteiger partial charge in [0.05, 0.1) is 0 Å². The van der Waals surface area contributed by atoms with E-state index in [1.54, 1.807) is 6.07 Å². The Hall–Kier alpha value is -1.83.